The third-order valence-electron chi connectivity index (χ3n) is 3.24. The Hall–Kier alpha value is -0.570. The largest absolute Gasteiger partial charge is 0.388 e. The van der Waals surface area contributed by atoms with Crippen LogP contribution in [-0.2, 0) is 4.79 Å². The van der Waals surface area contributed by atoms with E-state index in [1.807, 2.05) is 13.8 Å². The summed E-state index contributed by atoms with van der Waals surface area (Å²) in [6, 6.07) is 0. The third-order valence-corrected chi connectivity index (χ3v) is 3.24. The van der Waals surface area contributed by atoms with Crippen LogP contribution in [0.5, 0.6) is 0 Å². The first-order chi connectivity index (χ1) is 7.52. The summed E-state index contributed by atoms with van der Waals surface area (Å²) in [6.07, 6.45) is 6.79. The summed E-state index contributed by atoms with van der Waals surface area (Å²) in [6.45, 7) is 4.48. The highest BCUT2D eigenvalue weighted by Gasteiger charge is 2.28. The van der Waals surface area contributed by atoms with Crippen LogP contribution in [0.4, 0.5) is 0 Å². The fourth-order valence-electron chi connectivity index (χ4n) is 2.27. The van der Waals surface area contributed by atoms with Gasteiger partial charge in [-0.3, -0.25) is 4.79 Å². The van der Waals surface area contributed by atoms with Gasteiger partial charge in [0.1, 0.15) is 0 Å². The molecule has 0 spiro atoms. The van der Waals surface area contributed by atoms with Crippen molar-refractivity contribution in [2.24, 2.45) is 5.92 Å². The second kappa shape index (κ2) is 6.24. The second-order valence-electron chi connectivity index (χ2n) is 5.51. The van der Waals surface area contributed by atoms with Crippen molar-refractivity contribution in [3.8, 4) is 0 Å². The summed E-state index contributed by atoms with van der Waals surface area (Å²) >= 11 is 0. The lowest BCUT2D eigenvalue weighted by atomic mass is 9.94. The van der Waals surface area contributed by atoms with Crippen molar-refractivity contribution >= 4 is 5.91 Å². The molecule has 1 aliphatic carbocycles. The second-order valence-corrected chi connectivity index (χ2v) is 5.51. The van der Waals surface area contributed by atoms with Crippen LogP contribution in [0.25, 0.3) is 0 Å². The van der Waals surface area contributed by atoms with Gasteiger partial charge in [-0.2, -0.15) is 0 Å². The summed E-state index contributed by atoms with van der Waals surface area (Å²) in [5.74, 6) is 0.441. The zero-order valence-corrected chi connectivity index (χ0v) is 10.6. The van der Waals surface area contributed by atoms with Gasteiger partial charge in [-0.25, -0.2) is 0 Å². The Balaban J connectivity index is 2.31. The van der Waals surface area contributed by atoms with Gasteiger partial charge in [0.15, 0.2) is 0 Å². The number of aliphatic hydroxyl groups is 1. The summed E-state index contributed by atoms with van der Waals surface area (Å²) < 4.78 is 0. The highest BCUT2D eigenvalue weighted by molar-refractivity contribution is 5.76. The Bertz CT molecular complexity index is 218. The van der Waals surface area contributed by atoms with Gasteiger partial charge in [-0.05, 0) is 18.8 Å². The first-order valence-electron chi connectivity index (χ1n) is 6.51. The third kappa shape index (κ3) is 4.97. The molecule has 0 aromatic heterocycles. The average molecular weight is 227 g/mol. The molecule has 1 amide bonds. The molecule has 16 heavy (non-hydrogen) atoms. The fourth-order valence-corrected chi connectivity index (χ4v) is 2.27. The molecular formula is C13H25NO2. The Morgan fingerprint density at radius 2 is 1.81 bits per heavy atom. The molecule has 0 bridgehead atoms. The molecule has 2 N–H and O–H groups in total. The molecule has 0 aromatic carbocycles. The maximum atomic E-state index is 11.5. The van der Waals surface area contributed by atoms with Crippen molar-refractivity contribution in [3.05, 3.63) is 0 Å². The van der Waals surface area contributed by atoms with Crippen LogP contribution in [0.3, 0.4) is 0 Å². The predicted octanol–water partition coefficient (Wildman–Crippen LogP) is 2.23. The van der Waals surface area contributed by atoms with Crippen LogP contribution in [0.1, 0.15) is 58.8 Å². The zero-order valence-electron chi connectivity index (χ0n) is 10.6. The quantitative estimate of drug-likeness (QED) is 0.724. The summed E-state index contributed by atoms with van der Waals surface area (Å²) in [5, 5.41) is 13.2. The molecule has 1 fully saturated rings. The van der Waals surface area contributed by atoms with Gasteiger partial charge in [0, 0.05) is 13.0 Å². The number of hydrogen-bond donors (Lipinski definition) is 2. The Kier molecular flexibility index (Phi) is 5.26. The van der Waals surface area contributed by atoms with E-state index in [0.29, 0.717) is 18.9 Å². The van der Waals surface area contributed by atoms with Crippen LogP contribution in [0, 0.1) is 5.92 Å². The van der Waals surface area contributed by atoms with Gasteiger partial charge < -0.3 is 10.4 Å². The van der Waals surface area contributed by atoms with Gasteiger partial charge in [-0.15, -0.1) is 0 Å². The van der Waals surface area contributed by atoms with E-state index in [4.69, 9.17) is 0 Å². The van der Waals surface area contributed by atoms with Crippen LogP contribution in [0.2, 0.25) is 0 Å². The molecule has 0 atom stereocenters. The predicted molar refractivity (Wildman–Crippen MR) is 65.1 cm³/mol. The van der Waals surface area contributed by atoms with E-state index >= 15 is 0 Å². The molecule has 0 aliphatic heterocycles. The van der Waals surface area contributed by atoms with Crippen molar-refractivity contribution in [3.63, 3.8) is 0 Å². The van der Waals surface area contributed by atoms with Gasteiger partial charge in [0.05, 0.1) is 5.60 Å². The number of amides is 1. The molecule has 0 radical (unpaired) electrons. The summed E-state index contributed by atoms with van der Waals surface area (Å²) in [7, 11) is 0. The van der Waals surface area contributed by atoms with E-state index < -0.39 is 5.60 Å². The molecule has 0 aromatic rings. The molecular weight excluding hydrogens is 202 g/mol. The zero-order chi connectivity index (χ0) is 12.0. The van der Waals surface area contributed by atoms with E-state index in [2.05, 4.69) is 5.32 Å². The molecule has 1 aliphatic rings. The lowest BCUT2D eigenvalue weighted by Gasteiger charge is -2.27. The number of nitrogens with one attached hydrogen (secondary N) is 1. The van der Waals surface area contributed by atoms with Gasteiger partial charge in [0.25, 0.3) is 0 Å². The average Bonchev–Trinajstić information content (AvgIpc) is 2.40. The standard InChI is InChI=1S/C13H25NO2/c1-11(2)9-12(15)14-10-13(16)7-5-3-4-6-8-13/h11,16H,3-10H2,1-2H3,(H,14,15). The van der Waals surface area contributed by atoms with Crippen LogP contribution < -0.4 is 5.32 Å². The van der Waals surface area contributed by atoms with E-state index in [-0.39, 0.29) is 5.91 Å². The molecule has 94 valence electrons. The number of carbonyl (C=O) groups is 1. The van der Waals surface area contributed by atoms with E-state index in [1.54, 1.807) is 0 Å². The summed E-state index contributed by atoms with van der Waals surface area (Å²) in [5.41, 5.74) is -0.650. The van der Waals surface area contributed by atoms with E-state index in [9.17, 15) is 9.90 Å². The molecule has 0 unspecified atom stereocenters. The number of hydrogen-bond acceptors (Lipinski definition) is 2. The van der Waals surface area contributed by atoms with Gasteiger partial charge >= 0.3 is 0 Å². The molecule has 0 heterocycles. The number of carbonyl (C=O) groups excluding carboxylic acids is 1. The topological polar surface area (TPSA) is 49.3 Å². The molecule has 1 rings (SSSR count). The maximum Gasteiger partial charge on any atom is 0.220 e. The summed E-state index contributed by atoms with van der Waals surface area (Å²) in [4.78, 5) is 11.5. The van der Waals surface area contributed by atoms with Crippen LogP contribution in [0.15, 0.2) is 0 Å². The smallest absolute Gasteiger partial charge is 0.220 e. The highest BCUT2D eigenvalue weighted by Crippen LogP contribution is 2.26. The fraction of sp³-hybridized carbons (Fsp3) is 0.923. The normalized spacial score (nSPS) is 20.5. The minimum absolute atomic E-state index is 0.0627. The molecule has 3 heteroatoms. The minimum Gasteiger partial charge on any atom is -0.388 e. The Morgan fingerprint density at radius 3 is 2.31 bits per heavy atom. The van der Waals surface area contributed by atoms with Crippen LogP contribution >= 0.6 is 0 Å². The van der Waals surface area contributed by atoms with Gasteiger partial charge in [0.2, 0.25) is 5.91 Å². The molecule has 0 saturated heterocycles. The lowest BCUT2D eigenvalue weighted by molar-refractivity contribution is -0.123. The van der Waals surface area contributed by atoms with Crippen LogP contribution in [-0.4, -0.2) is 23.2 Å². The van der Waals surface area contributed by atoms with Crippen molar-refractivity contribution in [2.75, 3.05) is 6.54 Å². The first kappa shape index (κ1) is 13.5. The maximum absolute atomic E-state index is 11.5. The van der Waals surface area contributed by atoms with E-state index in [1.165, 1.54) is 12.8 Å². The Morgan fingerprint density at radius 1 is 1.25 bits per heavy atom. The van der Waals surface area contributed by atoms with Crippen molar-refractivity contribution < 1.29 is 9.90 Å². The SMILES string of the molecule is CC(C)CC(=O)NCC1(O)CCCCCC1. The molecule has 1 saturated carbocycles. The van der Waals surface area contributed by atoms with E-state index in [0.717, 1.165) is 25.7 Å². The van der Waals surface area contributed by atoms with Crippen molar-refractivity contribution in [2.45, 2.75) is 64.4 Å². The minimum atomic E-state index is -0.650. The monoisotopic (exact) mass is 227 g/mol. The Labute approximate surface area is 98.6 Å². The molecule has 3 nitrogen and oxygen atoms in total. The first-order valence-corrected chi connectivity index (χ1v) is 6.51. The number of rotatable bonds is 4. The van der Waals surface area contributed by atoms with Crippen molar-refractivity contribution in [1.29, 1.82) is 0 Å². The van der Waals surface area contributed by atoms with Gasteiger partial charge in [-0.1, -0.05) is 39.5 Å². The highest BCUT2D eigenvalue weighted by atomic mass is 16.3. The van der Waals surface area contributed by atoms with Crippen molar-refractivity contribution in [1.82, 2.24) is 5.32 Å². The lowest BCUT2D eigenvalue weighted by Crippen LogP contribution is -2.42.